The van der Waals surface area contributed by atoms with E-state index in [0.29, 0.717) is 22.4 Å². The zero-order valence-electron chi connectivity index (χ0n) is 15.0. The summed E-state index contributed by atoms with van der Waals surface area (Å²) in [4.78, 5) is 0.319. The van der Waals surface area contributed by atoms with E-state index in [1.165, 1.54) is 43.2 Å². The molecule has 0 amide bonds. The SMILES string of the molecule is CC(C)c1ccc(NS(=O)(=O)c2ccc(C3CCCCC3)cc2)cc1. The predicted molar refractivity (Wildman–Crippen MR) is 104 cm³/mol. The van der Waals surface area contributed by atoms with Gasteiger partial charge in [0.15, 0.2) is 0 Å². The van der Waals surface area contributed by atoms with Crippen LogP contribution >= 0.6 is 0 Å². The third kappa shape index (κ3) is 4.43. The molecule has 0 spiro atoms. The molecule has 3 nitrogen and oxygen atoms in total. The van der Waals surface area contributed by atoms with Gasteiger partial charge in [0.05, 0.1) is 4.90 Å². The summed E-state index contributed by atoms with van der Waals surface area (Å²) in [5.41, 5.74) is 3.06. The molecule has 1 fully saturated rings. The first kappa shape index (κ1) is 18.0. The number of hydrogen-bond acceptors (Lipinski definition) is 2. The van der Waals surface area contributed by atoms with Crippen LogP contribution in [-0.4, -0.2) is 8.42 Å². The molecule has 0 aromatic heterocycles. The number of nitrogens with one attached hydrogen (secondary N) is 1. The zero-order valence-corrected chi connectivity index (χ0v) is 15.9. The van der Waals surface area contributed by atoms with Gasteiger partial charge in [-0.3, -0.25) is 4.72 Å². The van der Waals surface area contributed by atoms with Crippen LogP contribution in [0.2, 0.25) is 0 Å². The maximum Gasteiger partial charge on any atom is 0.261 e. The van der Waals surface area contributed by atoms with Gasteiger partial charge in [-0.25, -0.2) is 8.42 Å². The van der Waals surface area contributed by atoms with Gasteiger partial charge in [0.25, 0.3) is 10.0 Å². The summed E-state index contributed by atoms with van der Waals surface area (Å²) in [5.74, 6) is 1.01. The Labute approximate surface area is 151 Å². The molecule has 0 atom stereocenters. The molecular weight excluding hydrogens is 330 g/mol. The fourth-order valence-corrected chi connectivity index (χ4v) is 4.56. The van der Waals surface area contributed by atoms with Crippen molar-refractivity contribution in [2.45, 2.75) is 62.7 Å². The van der Waals surface area contributed by atoms with E-state index in [4.69, 9.17) is 0 Å². The molecule has 0 saturated heterocycles. The summed E-state index contributed by atoms with van der Waals surface area (Å²) < 4.78 is 27.9. The lowest BCUT2D eigenvalue weighted by molar-refractivity contribution is 0.443. The Morgan fingerprint density at radius 1 is 0.880 bits per heavy atom. The summed E-state index contributed by atoms with van der Waals surface area (Å²) in [7, 11) is -3.54. The van der Waals surface area contributed by atoms with Crippen molar-refractivity contribution < 1.29 is 8.42 Å². The second kappa shape index (κ2) is 7.61. The van der Waals surface area contributed by atoms with Gasteiger partial charge in [-0.15, -0.1) is 0 Å². The summed E-state index contributed by atoms with van der Waals surface area (Å²) in [6.07, 6.45) is 6.30. The summed E-state index contributed by atoms with van der Waals surface area (Å²) in [5, 5.41) is 0. The second-order valence-corrected chi connectivity index (χ2v) is 8.97. The molecule has 2 aromatic carbocycles. The van der Waals surface area contributed by atoms with Crippen LogP contribution in [0.3, 0.4) is 0 Å². The molecule has 0 radical (unpaired) electrons. The van der Waals surface area contributed by atoms with E-state index in [0.717, 1.165) is 0 Å². The van der Waals surface area contributed by atoms with E-state index < -0.39 is 10.0 Å². The topological polar surface area (TPSA) is 46.2 Å². The minimum absolute atomic E-state index is 0.319. The third-order valence-corrected chi connectivity index (χ3v) is 6.49. The first-order chi connectivity index (χ1) is 12.0. The largest absolute Gasteiger partial charge is 0.280 e. The molecule has 0 heterocycles. The molecule has 1 aliphatic rings. The minimum atomic E-state index is -3.54. The standard InChI is InChI=1S/C21H27NO2S/c1-16(2)17-8-12-20(13-9-17)22-25(23,24)21-14-10-19(11-15-21)18-6-4-3-5-7-18/h8-16,18,22H,3-7H2,1-2H3. The van der Waals surface area contributed by atoms with Crippen LogP contribution < -0.4 is 4.72 Å². The highest BCUT2D eigenvalue weighted by molar-refractivity contribution is 7.92. The highest BCUT2D eigenvalue weighted by Crippen LogP contribution is 2.33. The highest BCUT2D eigenvalue weighted by atomic mass is 32.2. The Morgan fingerprint density at radius 3 is 2.04 bits per heavy atom. The molecule has 134 valence electrons. The van der Waals surface area contributed by atoms with Gasteiger partial charge in [0.2, 0.25) is 0 Å². The van der Waals surface area contributed by atoms with Gasteiger partial charge in [-0.1, -0.05) is 57.4 Å². The van der Waals surface area contributed by atoms with Crippen molar-refractivity contribution in [1.29, 1.82) is 0 Å². The van der Waals surface area contributed by atoms with Crippen LogP contribution in [-0.2, 0) is 10.0 Å². The number of sulfonamides is 1. The van der Waals surface area contributed by atoms with E-state index in [1.807, 2.05) is 36.4 Å². The summed E-state index contributed by atoms with van der Waals surface area (Å²) >= 11 is 0. The molecule has 1 saturated carbocycles. The predicted octanol–water partition coefficient (Wildman–Crippen LogP) is 5.66. The summed E-state index contributed by atoms with van der Waals surface area (Å²) in [6.45, 7) is 4.24. The molecule has 1 aliphatic carbocycles. The quantitative estimate of drug-likeness (QED) is 0.750. The fraction of sp³-hybridized carbons (Fsp3) is 0.429. The lowest BCUT2D eigenvalue weighted by atomic mass is 9.84. The molecule has 0 aliphatic heterocycles. The molecule has 0 unspecified atom stereocenters. The monoisotopic (exact) mass is 357 g/mol. The maximum atomic E-state index is 12.6. The van der Waals surface area contributed by atoms with Crippen LogP contribution in [0.15, 0.2) is 53.4 Å². The van der Waals surface area contributed by atoms with Crippen LogP contribution in [0.25, 0.3) is 0 Å². The molecule has 0 bridgehead atoms. The van der Waals surface area contributed by atoms with E-state index in [9.17, 15) is 8.42 Å². The van der Waals surface area contributed by atoms with Crippen molar-refractivity contribution in [3.8, 4) is 0 Å². The maximum absolute atomic E-state index is 12.6. The van der Waals surface area contributed by atoms with Crippen molar-refractivity contribution >= 4 is 15.7 Å². The third-order valence-electron chi connectivity index (χ3n) is 5.10. The number of hydrogen-bond donors (Lipinski definition) is 1. The van der Waals surface area contributed by atoms with Gasteiger partial charge in [0, 0.05) is 5.69 Å². The lowest BCUT2D eigenvalue weighted by Crippen LogP contribution is -2.13. The number of rotatable bonds is 5. The Bertz CT molecular complexity index is 787. The molecule has 1 N–H and O–H groups in total. The van der Waals surface area contributed by atoms with Gasteiger partial charge >= 0.3 is 0 Å². The zero-order chi connectivity index (χ0) is 17.9. The average molecular weight is 358 g/mol. The Morgan fingerprint density at radius 2 is 1.48 bits per heavy atom. The van der Waals surface area contributed by atoms with Crippen LogP contribution in [0.4, 0.5) is 5.69 Å². The summed E-state index contributed by atoms with van der Waals surface area (Å²) in [6, 6.07) is 15.0. The molecule has 25 heavy (non-hydrogen) atoms. The van der Waals surface area contributed by atoms with Gasteiger partial charge in [-0.2, -0.15) is 0 Å². The Balaban J connectivity index is 1.73. The van der Waals surface area contributed by atoms with E-state index in [2.05, 4.69) is 18.6 Å². The van der Waals surface area contributed by atoms with Crippen molar-refractivity contribution in [2.24, 2.45) is 0 Å². The lowest BCUT2D eigenvalue weighted by Gasteiger charge is -2.22. The molecule has 3 rings (SSSR count). The Hall–Kier alpha value is -1.81. The van der Waals surface area contributed by atoms with E-state index >= 15 is 0 Å². The van der Waals surface area contributed by atoms with Gasteiger partial charge < -0.3 is 0 Å². The first-order valence-electron chi connectivity index (χ1n) is 9.18. The average Bonchev–Trinajstić information content (AvgIpc) is 2.63. The number of benzene rings is 2. The van der Waals surface area contributed by atoms with Crippen molar-refractivity contribution in [1.82, 2.24) is 0 Å². The number of anilines is 1. The van der Waals surface area contributed by atoms with Crippen LogP contribution in [0, 0.1) is 0 Å². The first-order valence-corrected chi connectivity index (χ1v) is 10.7. The van der Waals surface area contributed by atoms with Crippen LogP contribution in [0.5, 0.6) is 0 Å². The second-order valence-electron chi connectivity index (χ2n) is 7.29. The fourth-order valence-electron chi connectivity index (χ4n) is 3.51. The van der Waals surface area contributed by atoms with Crippen molar-refractivity contribution in [3.63, 3.8) is 0 Å². The normalized spacial score (nSPS) is 16.1. The smallest absolute Gasteiger partial charge is 0.261 e. The van der Waals surface area contributed by atoms with E-state index in [1.54, 1.807) is 12.1 Å². The van der Waals surface area contributed by atoms with E-state index in [-0.39, 0.29) is 0 Å². The molecular formula is C21H27NO2S. The highest BCUT2D eigenvalue weighted by Gasteiger charge is 2.18. The molecule has 2 aromatic rings. The minimum Gasteiger partial charge on any atom is -0.280 e. The Kier molecular flexibility index (Phi) is 5.48. The molecule has 4 heteroatoms. The van der Waals surface area contributed by atoms with Crippen LogP contribution in [0.1, 0.15) is 68.9 Å². The van der Waals surface area contributed by atoms with Gasteiger partial charge in [0.1, 0.15) is 0 Å². The van der Waals surface area contributed by atoms with Crippen molar-refractivity contribution in [3.05, 3.63) is 59.7 Å². The van der Waals surface area contributed by atoms with Gasteiger partial charge in [-0.05, 0) is 60.1 Å². The van der Waals surface area contributed by atoms with Crippen molar-refractivity contribution in [2.75, 3.05) is 4.72 Å².